The quantitative estimate of drug-likeness (QED) is 0.766. The molecule has 0 bridgehead atoms. The third-order valence-corrected chi connectivity index (χ3v) is 5.58. The molecule has 1 amide bonds. The van der Waals surface area contributed by atoms with Crippen molar-refractivity contribution in [2.24, 2.45) is 0 Å². The molecule has 0 radical (unpaired) electrons. The molecule has 28 heavy (non-hydrogen) atoms. The van der Waals surface area contributed by atoms with Crippen LogP contribution in [0.15, 0.2) is 67.1 Å². The monoisotopic (exact) mass is 374 g/mol. The van der Waals surface area contributed by atoms with Crippen molar-refractivity contribution in [1.82, 2.24) is 19.8 Å². The van der Waals surface area contributed by atoms with Gasteiger partial charge in [0.25, 0.3) is 5.91 Å². The summed E-state index contributed by atoms with van der Waals surface area (Å²) in [5.74, 6) is 0.644. The predicted octanol–water partition coefficient (Wildman–Crippen LogP) is 2.99. The fourth-order valence-corrected chi connectivity index (χ4v) is 4.08. The van der Waals surface area contributed by atoms with E-state index in [1.165, 1.54) is 5.69 Å². The number of para-hydroxylation sites is 1. The Morgan fingerprint density at radius 2 is 1.93 bits per heavy atom. The first-order chi connectivity index (χ1) is 13.7. The molecule has 1 aromatic carbocycles. The molecular formula is C22H22N4O2. The van der Waals surface area contributed by atoms with Gasteiger partial charge in [-0.2, -0.15) is 0 Å². The molecule has 0 saturated carbocycles. The highest BCUT2D eigenvalue weighted by Crippen LogP contribution is 2.33. The Balaban J connectivity index is 1.28. The normalized spacial score (nSPS) is 18.4. The summed E-state index contributed by atoms with van der Waals surface area (Å²) < 4.78 is 8.41. The number of hydrogen-bond donors (Lipinski definition) is 1. The summed E-state index contributed by atoms with van der Waals surface area (Å²) in [6.07, 6.45) is 7.26. The summed E-state index contributed by atoms with van der Waals surface area (Å²) in [5.41, 5.74) is 2.32. The zero-order valence-electron chi connectivity index (χ0n) is 15.5. The lowest BCUT2D eigenvalue weighted by Gasteiger charge is -2.44. The highest BCUT2D eigenvalue weighted by atomic mass is 16.5. The van der Waals surface area contributed by atoms with Crippen LogP contribution < -0.4 is 10.1 Å². The lowest BCUT2D eigenvalue weighted by Crippen LogP contribution is -2.60. The number of ether oxygens (including phenoxy) is 1. The summed E-state index contributed by atoms with van der Waals surface area (Å²) in [7, 11) is 0. The fraction of sp³-hybridized carbons (Fsp3) is 0.273. The molecular weight excluding hydrogens is 352 g/mol. The number of aromatic nitrogens is 2. The lowest BCUT2D eigenvalue weighted by molar-refractivity contribution is -0.0307. The van der Waals surface area contributed by atoms with Gasteiger partial charge < -0.3 is 14.6 Å². The second kappa shape index (κ2) is 6.80. The van der Waals surface area contributed by atoms with E-state index >= 15 is 0 Å². The van der Waals surface area contributed by atoms with E-state index in [0.717, 1.165) is 38.2 Å². The molecule has 2 aromatic heterocycles. The number of fused-ring (bicyclic) bond motifs is 1. The van der Waals surface area contributed by atoms with Gasteiger partial charge in [0.05, 0.1) is 17.4 Å². The van der Waals surface area contributed by atoms with Crippen LogP contribution in [0.5, 0.6) is 5.75 Å². The molecule has 0 atom stereocenters. The minimum atomic E-state index is -0.590. The highest BCUT2D eigenvalue weighted by molar-refractivity contribution is 5.98. The van der Waals surface area contributed by atoms with Crippen LogP contribution in [0.1, 0.15) is 28.9 Å². The van der Waals surface area contributed by atoms with Crippen LogP contribution in [-0.4, -0.2) is 39.2 Å². The maximum Gasteiger partial charge on any atom is 0.258 e. The van der Waals surface area contributed by atoms with Crippen molar-refractivity contribution in [2.75, 3.05) is 13.1 Å². The molecule has 0 aliphatic carbocycles. The van der Waals surface area contributed by atoms with E-state index in [2.05, 4.69) is 44.2 Å². The molecule has 0 unspecified atom stereocenters. The van der Waals surface area contributed by atoms with Crippen LogP contribution in [0.4, 0.5) is 0 Å². The van der Waals surface area contributed by atoms with Crippen LogP contribution in [-0.2, 0) is 6.54 Å². The van der Waals surface area contributed by atoms with Crippen molar-refractivity contribution in [3.63, 3.8) is 0 Å². The summed E-state index contributed by atoms with van der Waals surface area (Å²) in [6.45, 7) is 2.57. The third-order valence-electron chi connectivity index (χ3n) is 5.58. The second-order valence-corrected chi connectivity index (χ2v) is 7.40. The number of nitrogens with zero attached hydrogens (tertiary/aromatic N) is 3. The Morgan fingerprint density at radius 3 is 2.75 bits per heavy atom. The van der Waals surface area contributed by atoms with Gasteiger partial charge in [-0.1, -0.05) is 12.1 Å². The van der Waals surface area contributed by atoms with Gasteiger partial charge in [-0.3, -0.25) is 14.7 Å². The van der Waals surface area contributed by atoms with E-state index < -0.39 is 5.72 Å². The lowest BCUT2D eigenvalue weighted by atomic mass is 9.97. The van der Waals surface area contributed by atoms with Gasteiger partial charge in [0.2, 0.25) is 0 Å². The Labute approximate surface area is 163 Å². The van der Waals surface area contributed by atoms with E-state index in [4.69, 9.17) is 4.74 Å². The van der Waals surface area contributed by atoms with Gasteiger partial charge in [-0.05, 0) is 36.4 Å². The smallest absolute Gasteiger partial charge is 0.258 e. The average molecular weight is 374 g/mol. The van der Waals surface area contributed by atoms with E-state index in [9.17, 15) is 4.79 Å². The van der Waals surface area contributed by atoms with Crippen molar-refractivity contribution in [1.29, 1.82) is 0 Å². The van der Waals surface area contributed by atoms with E-state index in [1.807, 2.05) is 30.5 Å². The van der Waals surface area contributed by atoms with Crippen LogP contribution in [0.25, 0.3) is 5.69 Å². The second-order valence-electron chi connectivity index (χ2n) is 7.40. The Morgan fingerprint density at radius 1 is 1.07 bits per heavy atom. The number of likely N-dealkylation sites (tertiary alicyclic amines) is 1. The molecule has 1 spiro atoms. The molecule has 1 saturated heterocycles. The zero-order chi connectivity index (χ0) is 19.0. The van der Waals surface area contributed by atoms with Crippen molar-refractivity contribution in [3.8, 4) is 11.4 Å². The number of hydrogen-bond acceptors (Lipinski definition) is 4. The highest BCUT2D eigenvalue weighted by Gasteiger charge is 2.42. The number of carbonyl (C=O) groups is 1. The molecule has 5 rings (SSSR count). The van der Waals surface area contributed by atoms with Crippen LogP contribution in [0.3, 0.4) is 0 Å². The number of benzene rings is 1. The topological polar surface area (TPSA) is 59.4 Å². The van der Waals surface area contributed by atoms with Gasteiger partial charge in [0.15, 0.2) is 5.72 Å². The molecule has 142 valence electrons. The van der Waals surface area contributed by atoms with Crippen LogP contribution in [0, 0.1) is 0 Å². The van der Waals surface area contributed by atoms with Gasteiger partial charge in [0, 0.05) is 50.6 Å². The summed E-state index contributed by atoms with van der Waals surface area (Å²) >= 11 is 0. The molecule has 4 heterocycles. The molecule has 6 nitrogen and oxygen atoms in total. The van der Waals surface area contributed by atoms with Crippen molar-refractivity contribution < 1.29 is 9.53 Å². The molecule has 6 heteroatoms. The third kappa shape index (κ3) is 3.05. The van der Waals surface area contributed by atoms with E-state index in [0.29, 0.717) is 11.3 Å². The predicted molar refractivity (Wildman–Crippen MR) is 105 cm³/mol. The van der Waals surface area contributed by atoms with Gasteiger partial charge >= 0.3 is 0 Å². The van der Waals surface area contributed by atoms with Crippen molar-refractivity contribution >= 4 is 5.91 Å². The number of amides is 1. The molecule has 2 aliphatic heterocycles. The van der Waals surface area contributed by atoms with Crippen molar-refractivity contribution in [3.05, 3.63) is 78.4 Å². The first kappa shape index (κ1) is 17.0. The fourth-order valence-electron chi connectivity index (χ4n) is 4.08. The number of pyridine rings is 1. The summed E-state index contributed by atoms with van der Waals surface area (Å²) in [6, 6.07) is 15.7. The first-order valence-corrected chi connectivity index (χ1v) is 9.62. The SMILES string of the molecule is O=C1NC2(CCN(Cc3cccn3-c3cccnc3)CC2)Oc2ccccc21. The molecule has 3 aromatic rings. The van der Waals surface area contributed by atoms with E-state index in [1.54, 1.807) is 12.3 Å². The maximum absolute atomic E-state index is 12.5. The Kier molecular flexibility index (Phi) is 4.13. The maximum atomic E-state index is 12.5. The number of carbonyl (C=O) groups excluding carboxylic acids is 1. The van der Waals surface area contributed by atoms with Gasteiger partial charge in [0.1, 0.15) is 5.75 Å². The Bertz CT molecular complexity index is 991. The number of nitrogens with one attached hydrogen (secondary N) is 1. The van der Waals surface area contributed by atoms with Crippen LogP contribution >= 0.6 is 0 Å². The molecule has 1 N–H and O–H groups in total. The minimum Gasteiger partial charge on any atom is -0.467 e. The number of piperidine rings is 1. The first-order valence-electron chi connectivity index (χ1n) is 9.62. The van der Waals surface area contributed by atoms with Gasteiger partial charge in [-0.15, -0.1) is 0 Å². The summed E-state index contributed by atoms with van der Waals surface area (Å²) in [4.78, 5) is 19.1. The summed E-state index contributed by atoms with van der Waals surface area (Å²) in [5, 5.41) is 3.10. The zero-order valence-corrected chi connectivity index (χ0v) is 15.5. The Hall–Kier alpha value is -3.12. The minimum absolute atomic E-state index is 0.0410. The molecule has 1 fully saturated rings. The standard InChI is InChI=1S/C22H22N4O2/c27-21-19-7-1-2-8-20(19)28-22(24-21)9-13-25(14-10-22)16-18-6-4-12-26(18)17-5-3-11-23-15-17/h1-8,11-12,15H,9-10,13-14,16H2,(H,24,27). The largest absolute Gasteiger partial charge is 0.467 e. The van der Waals surface area contributed by atoms with Gasteiger partial charge in [-0.25, -0.2) is 0 Å². The average Bonchev–Trinajstić information content (AvgIpc) is 3.19. The molecule has 2 aliphatic rings. The van der Waals surface area contributed by atoms with E-state index in [-0.39, 0.29) is 5.91 Å². The number of rotatable bonds is 3. The van der Waals surface area contributed by atoms with Crippen molar-refractivity contribution in [2.45, 2.75) is 25.1 Å². The van der Waals surface area contributed by atoms with Crippen LogP contribution in [0.2, 0.25) is 0 Å².